The summed E-state index contributed by atoms with van der Waals surface area (Å²) in [6, 6.07) is 10.6. The van der Waals surface area contributed by atoms with Crippen LogP contribution in [0, 0.1) is 12.8 Å². The predicted octanol–water partition coefficient (Wildman–Crippen LogP) is 4.98. The second-order valence-electron chi connectivity index (χ2n) is 7.51. The highest BCUT2D eigenvalue weighted by atomic mass is 15.1. The van der Waals surface area contributed by atoms with E-state index in [-0.39, 0.29) is 0 Å². The van der Waals surface area contributed by atoms with E-state index in [4.69, 9.17) is 0 Å². The van der Waals surface area contributed by atoms with Crippen molar-refractivity contribution in [1.82, 2.24) is 9.97 Å². The van der Waals surface area contributed by atoms with Gasteiger partial charge in [-0.15, -0.1) is 0 Å². The van der Waals surface area contributed by atoms with Gasteiger partial charge in [-0.2, -0.15) is 0 Å². The van der Waals surface area contributed by atoms with Crippen LogP contribution in [-0.4, -0.2) is 29.6 Å². The molecule has 1 aromatic carbocycles. The van der Waals surface area contributed by atoms with E-state index in [0.29, 0.717) is 5.92 Å². The molecule has 140 valence electrons. The molecule has 0 bridgehead atoms. The first kappa shape index (κ1) is 18.5. The maximum absolute atomic E-state index is 4.51. The van der Waals surface area contributed by atoms with Gasteiger partial charge in [-0.3, -0.25) is 0 Å². The van der Waals surface area contributed by atoms with Crippen molar-refractivity contribution >= 4 is 23.0 Å². The Morgan fingerprint density at radius 2 is 1.69 bits per heavy atom. The van der Waals surface area contributed by atoms with E-state index in [1.54, 1.807) is 0 Å². The van der Waals surface area contributed by atoms with Crippen LogP contribution in [-0.2, 0) is 0 Å². The molecule has 3 rings (SSSR count). The van der Waals surface area contributed by atoms with Crippen LogP contribution >= 0.6 is 0 Å². The van der Waals surface area contributed by atoms with E-state index in [2.05, 4.69) is 63.6 Å². The van der Waals surface area contributed by atoms with Crippen molar-refractivity contribution in [2.45, 2.75) is 46.5 Å². The molecule has 2 heterocycles. The van der Waals surface area contributed by atoms with Crippen LogP contribution in [0.5, 0.6) is 0 Å². The van der Waals surface area contributed by atoms with Crippen LogP contribution in [0.2, 0.25) is 0 Å². The second-order valence-corrected chi connectivity index (χ2v) is 7.51. The molecule has 0 amide bonds. The van der Waals surface area contributed by atoms with Crippen LogP contribution in [0.4, 0.5) is 23.0 Å². The molecule has 2 aromatic rings. The summed E-state index contributed by atoms with van der Waals surface area (Å²) >= 11 is 0. The number of benzene rings is 1. The fourth-order valence-corrected chi connectivity index (χ4v) is 3.27. The zero-order chi connectivity index (χ0) is 18.4. The van der Waals surface area contributed by atoms with E-state index in [9.17, 15) is 0 Å². The molecule has 0 unspecified atom stereocenters. The molecule has 2 N–H and O–H groups in total. The molecule has 5 nitrogen and oxygen atoms in total. The topological polar surface area (TPSA) is 53.1 Å². The summed E-state index contributed by atoms with van der Waals surface area (Å²) in [4.78, 5) is 11.5. The van der Waals surface area contributed by atoms with Gasteiger partial charge in [-0.25, -0.2) is 9.97 Å². The standard InChI is InChI=1S/C21H31N5/c1-16(2)11-12-22-20-15-21(24-17(3)23-20)25-18-7-9-19(10-8-18)26-13-5-4-6-14-26/h7-10,15-16H,4-6,11-14H2,1-3H3,(H2,22,23,24,25). The summed E-state index contributed by atoms with van der Waals surface area (Å²) < 4.78 is 0. The van der Waals surface area contributed by atoms with Gasteiger partial charge in [0, 0.05) is 37.1 Å². The van der Waals surface area contributed by atoms with Gasteiger partial charge >= 0.3 is 0 Å². The van der Waals surface area contributed by atoms with Gasteiger partial charge in [0.25, 0.3) is 0 Å². The monoisotopic (exact) mass is 353 g/mol. The van der Waals surface area contributed by atoms with E-state index >= 15 is 0 Å². The average molecular weight is 354 g/mol. The molecule has 0 aliphatic carbocycles. The lowest BCUT2D eigenvalue weighted by atomic mass is 10.1. The third-order valence-corrected chi connectivity index (χ3v) is 4.73. The molecule has 1 aliphatic heterocycles. The average Bonchev–Trinajstić information content (AvgIpc) is 2.62. The van der Waals surface area contributed by atoms with Crippen LogP contribution in [0.15, 0.2) is 30.3 Å². The van der Waals surface area contributed by atoms with Gasteiger partial charge < -0.3 is 15.5 Å². The van der Waals surface area contributed by atoms with Crippen molar-refractivity contribution in [2.24, 2.45) is 5.92 Å². The molecule has 0 saturated carbocycles. The fourth-order valence-electron chi connectivity index (χ4n) is 3.27. The normalized spacial score (nSPS) is 14.5. The van der Waals surface area contributed by atoms with E-state index in [1.165, 1.54) is 38.0 Å². The number of rotatable bonds is 7. The van der Waals surface area contributed by atoms with Crippen molar-refractivity contribution in [3.63, 3.8) is 0 Å². The zero-order valence-electron chi connectivity index (χ0n) is 16.3. The number of nitrogens with zero attached hydrogens (tertiary/aromatic N) is 3. The first-order chi connectivity index (χ1) is 12.6. The van der Waals surface area contributed by atoms with Gasteiger partial charge in [-0.05, 0) is 62.8 Å². The summed E-state index contributed by atoms with van der Waals surface area (Å²) in [6.07, 6.45) is 5.08. The molecule has 26 heavy (non-hydrogen) atoms. The Bertz CT molecular complexity index is 690. The highest BCUT2D eigenvalue weighted by Gasteiger charge is 2.10. The van der Waals surface area contributed by atoms with E-state index < -0.39 is 0 Å². The van der Waals surface area contributed by atoms with Crippen LogP contribution in [0.1, 0.15) is 45.4 Å². The highest BCUT2D eigenvalue weighted by molar-refractivity contribution is 5.62. The van der Waals surface area contributed by atoms with E-state index in [0.717, 1.165) is 36.1 Å². The molecule has 5 heteroatoms. The number of piperidine rings is 1. The van der Waals surface area contributed by atoms with Crippen molar-refractivity contribution in [3.05, 3.63) is 36.2 Å². The molecular formula is C21H31N5. The number of aromatic nitrogens is 2. The molecule has 1 aliphatic rings. The maximum Gasteiger partial charge on any atom is 0.136 e. The smallest absolute Gasteiger partial charge is 0.136 e. The Balaban J connectivity index is 1.63. The van der Waals surface area contributed by atoms with Crippen LogP contribution in [0.25, 0.3) is 0 Å². The minimum Gasteiger partial charge on any atom is -0.372 e. The van der Waals surface area contributed by atoms with Gasteiger partial charge in [0.05, 0.1) is 0 Å². The number of aryl methyl sites for hydroxylation is 1. The molecule has 1 saturated heterocycles. The third-order valence-electron chi connectivity index (χ3n) is 4.73. The number of nitrogens with one attached hydrogen (secondary N) is 2. The predicted molar refractivity (Wildman–Crippen MR) is 111 cm³/mol. The SMILES string of the molecule is Cc1nc(NCCC(C)C)cc(Nc2ccc(N3CCCCC3)cc2)n1. The summed E-state index contributed by atoms with van der Waals surface area (Å²) in [5.74, 6) is 3.16. The first-order valence-corrected chi connectivity index (χ1v) is 9.82. The van der Waals surface area contributed by atoms with Crippen molar-refractivity contribution in [2.75, 3.05) is 35.2 Å². The minimum absolute atomic E-state index is 0.682. The quantitative estimate of drug-likeness (QED) is 0.735. The Labute approximate surface area is 157 Å². The lowest BCUT2D eigenvalue weighted by Crippen LogP contribution is -2.29. The summed E-state index contributed by atoms with van der Waals surface area (Å²) in [5.41, 5.74) is 2.36. The van der Waals surface area contributed by atoms with Crippen molar-refractivity contribution < 1.29 is 0 Å². The van der Waals surface area contributed by atoms with Gasteiger partial charge in [-0.1, -0.05) is 13.8 Å². The molecular weight excluding hydrogens is 322 g/mol. The number of hydrogen-bond acceptors (Lipinski definition) is 5. The Hall–Kier alpha value is -2.30. The van der Waals surface area contributed by atoms with Crippen LogP contribution in [0.3, 0.4) is 0 Å². The van der Waals surface area contributed by atoms with Gasteiger partial charge in [0.2, 0.25) is 0 Å². The molecule has 1 fully saturated rings. The summed E-state index contributed by atoms with van der Waals surface area (Å²) in [6.45, 7) is 9.66. The Kier molecular flexibility index (Phi) is 6.31. The molecule has 0 spiro atoms. The molecule has 0 atom stereocenters. The van der Waals surface area contributed by atoms with Crippen LogP contribution < -0.4 is 15.5 Å². The highest BCUT2D eigenvalue weighted by Crippen LogP contribution is 2.24. The maximum atomic E-state index is 4.51. The summed E-state index contributed by atoms with van der Waals surface area (Å²) in [7, 11) is 0. The second kappa shape index (κ2) is 8.88. The first-order valence-electron chi connectivity index (χ1n) is 9.82. The minimum atomic E-state index is 0.682. The lowest BCUT2D eigenvalue weighted by Gasteiger charge is -2.28. The Morgan fingerprint density at radius 1 is 1.00 bits per heavy atom. The number of hydrogen-bond donors (Lipinski definition) is 2. The van der Waals surface area contributed by atoms with Crippen molar-refractivity contribution in [1.29, 1.82) is 0 Å². The van der Waals surface area contributed by atoms with Gasteiger partial charge in [0.15, 0.2) is 0 Å². The molecule has 1 aromatic heterocycles. The summed E-state index contributed by atoms with van der Waals surface area (Å²) in [5, 5.41) is 6.80. The third kappa shape index (κ3) is 5.35. The fraction of sp³-hybridized carbons (Fsp3) is 0.524. The van der Waals surface area contributed by atoms with Gasteiger partial charge in [0.1, 0.15) is 17.5 Å². The Morgan fingerprint density at radius 3 is 2.38 bits per heavy atom. The number of anilines is 4. The molecule has 0 radical (unpaired) electrons. The largest absolute Gasteiger partial charge is 0.372 e. The lowest BCUT2D eigenvalue weighted by molar-refractivity contribution is 0.578. The van der Waals surface area contributed by atoms with E-state index in [1.807, 2.05) is 13.0 Å². The van der Waals surface area contributed by atoms with Crippen molar-refractivity contribution in [3.8, 4) is 0 Å². The zero-order valence-corrected chi connectivity index (χ0v) is 16.3.